The first-order valence-electron chi connectivity index (χ1n) is 4.96. The predicted octanol–water partition coefficient (Wildman–Crippen LogP) is 1.96. The van der Waals surface area contributed by atoms with E-state index in [-0.39, 0.29) is 5.56 Å². The van der Waals surface area contributed by atoms with Gasteiger partial charge in [-0.15, -0.1) is 0 Å². The van der Waals surface area contributed by atoms with Gasteiger partial charge in [0.15, 0.2) is 0 Å². The van der Waals surface area contributed by atoms with Crippen molar-refractivity contribution in [2.24, 2.45) is 5.84 Å². The third kappa shape index (κ3) is 1.22. The van der Waals surface area contributed by atoms with Gasteiger partial charge in [0.25, 0.3) is 11.8 Å². The molecule has 84 valence electrons. The van der Waals surface area contributed by atoms with Crippen LogP contribution in [-0.4, -0.2) is 16.8 Å². The Balaban J connectivity index is 2.50. The number of amides is 2. The van der Waals surface area contributed by atoms with Crippen LogP contribution in [0, 0.1) is 0 Å². The average molecular weight is 247 g/mol. The molecule has 0 saturated carbocycles. The number of hydrogen-bond acceptors (Lipinski definition) is 3. The molecule has 0 spiro atoms. The van der Waals surface area contributed by atoms with Crippen LogP contribution in [0.15, 0.2) is 30.3 Å². The van der Waals surface area contributed by atoms with E-state index in [1.807, 2.05) is 6.07 Å². The molecule has 0 atom stereocenters. The SMILES string of the molecule is NN1C(=O)c2cc(Cl)c3ccccc3c2C1=O. The van der Waals surface area contributed by atoms with Crippen molar-refractivity contribution in [2.75, 3.05) is 0 Å². The molecule has 5 heteroatoms. The molecule has 3 rings (SSSR count). The average Bonchev–Trinajstić information content (AvgIpc) is 2.55. The van der Waals surface area contributed by atoms with E-state index in [0.29, 0.717) is 21.0 Å². The van der Waals surface area contributed by atoms with Crippen molar-refractivity contribution in [3.05, 3.63) is 46.5 Å². The topological polar surface area (TPSA) is 63.4 Å². The summed E-state index contributed by atoms with van der Waals surface area (Å²) in [5.41, 5.74) is 0.596. The number of nitrogens with zero attached hydrogens (tertiary/aromatic N) is 1. The van der Waals surface area contributed by atoms with Crippen molar-refractivity contribution in [2.45, 2.75) is 0 Å². The smallest absolute Gasteiger partial charge is 0.267 e. The minimum absolute atomic E-state index is 0.265. The van der Waals surface area contributed by atoms with Crippen LogP contribution in [0.25, 0.3) is 10.8 Å². The fourth-order valence-electron chi connectivity index (χ4n) is 2.07. The van der Waals surface area contributed by atoms with E-state index in [1.54, 1.807) is 18.2 Å². The van der Waals surface area contributed by atoms with E-state index in [0.717, 1.165) is 5.39 Å². The van der Waals surface area contributed by atoms with Crippen LogP contribution < -0.4 is 5.84 Å². The molecule has 4 nitrogen and oxygen atoms in total. The second-order valence-corrected chi connectivity index (χ2v) is 4.21. The van der Waals surface area contributed by atoms with Crippen LogP contribution >= 0.6 is 11.6 Å². The molecule has 0 unspecified atom stereocenters. The number of hydrogen-bond donors (Lipinski definition) is 1. The van der Waals surface area contributed by atoms with E-state index >= 15 is 0 Å². The molecule has 2 amide bonds. The Morgan fingerprint density at radius 1 is 1.06 bits per heavy atom. The van der Waals surface area contributed by atoms with E-state index < -0.39 is 11.8 Å². The first-order valence-corrected chi connectivity index (χ1v) is 5.34. The van der Waals surface area contributed by atoms with Crippen LogP contribution in [0.3, 0.4) is 0 Å². The summed E-state index contributed by atoms with van der Waals surface area (Å²) in [6, 6.07) is 8.66. The van der Waals surface area contributed by atoms with Gasteiger partial charge in [-0.05, 0) is 11.5 Å². The molecule has 0 radical (unpaired) electrons. The highest BCUT2D eigenvalue weighted by Gasteiger charge is 2.35. The summed E-state index contributed by atoms with van der Waals surface area (Å²) in [4.78, 5) is 23.6. The summed E-state index contributed by atoms with van der Waals surface area (Å²) in [6.07, 6.45) is 0. The molecule has 2 N–H and O–H groups in total. The number of rotatable bonds is 0. The maximum atomic E-state index is 11.9. The predicted molar refractivity (Wildman–Crippen MR) is 63.6 cm³/mol. The molecule has 0 fully saturated rings. The fourth-order valence-corrected chi connectivity index (χ4v) is 2.35. The molecule has 1 aliphatic heterocycles. The third-order valence-corrected chi connectivity index (χ3v) is 3.19. The first kappa shape index (κ1) is 10.3. The van der Waals surface area contributed by atoms with Crippen LogP contribution in [0.5, 0.6) is 0 Å². The highest BCUT2D eigenvalue weighted by Crippen LogP contribution is 2.33. The summed E-state index contributed by atoms with van der Waals surface area (Å²) in [7, 11) is 0. The number of fused-ring (bicyclic) bond motifs is 3. The van der Waals surface area contributed by atoms with Crippen molar-refractivity contribution in [1.82, 2.24) is 5.01 Å². The van der Waals surface area contributed by atoms with E-state index in [1.165, 1.54) is 6.07 Å². The number of hydrazine groups is 1. The molecule has 0 bridgehead atoms. The lowest BCUT2D eigenvalue weighted by Crippen LogP contribution is -2.36. The molecule has 2 aromatic carbocycles. The van der Waals surface area contributed by atoms with Crippen LogP contribution in [0.1, 0.15) is 20.7 Å². The summed E-state index contributed by atoms with van der Waals surface area (Å²) in [6.45, 7) is 0. The zero-order chi connectivity index (χ0) is 12.2. The van der Waals surface area contributed by atoms with Gasteiger partial charge in [0, 0.05) is 10.4 Å². The van der Waals surface area contributed by atoms with Crippen molar-refractivity contribution in [3.8, 4) is 0 Å². The first-order chi connectivity index (χ1) is 8.11. The van der Waals surface area contributed by atoms with Gasteiger partial charge in [0.2, 0.25) is 0 Å². The zero-order valence-corrected chi connectivity index (χ0v) is 9.36. The lowest BCUT2D eigenvalue weighted by Gasteiger charge is -2.04. The van der Waals surface area contributed by atoms with Gasteiger partial charge in [-0.25, -0.2) is 10.9 Å². The molecule has 17 heavy (non-hydrogen) atoms. The van der Waals surface area contributed by atoms with Crippen LogP contribution in [0.2, 0.25) is 5.02 Å². The van der Waals surface area contributed by atoms with E-state index in [9.17, 15) is 9.59 Å². The minimum atomic E-state index is -0.516. The molecule has 0 saturated heterocycles. The number of benzene rings is 2. The third-order valence-electron chi connectivity index (χ3n) is 2.88. The Morgan fingerprint density at radius 2 is 1.71 bits per heavy atom. The Morgan fingerprint density at radius 3 is 2.41 bits per heavy atom. The van der Waals surface area contributed by atoms with E-state index in [2.05, 4.69) is 0 Å². The second kappa shape index (κ2) is 3.29. The second-order valence-electron chi connectivity index (χ2n) is 3.81. The van der Waals surface area contributed by atoms with Gasteiger partial charge in [-0.2, -0.15) is 0 Å². The Hall–Kier alpha value is -1.91. The summed E-state index contributed by atoms with van der Waals surface area (Å²) < 4.78 is 0. The van der Waals surface area contributed by atoms with Crippen molar-refractivity contribution < 1.29 is 9.59 Å². The van der Waals surface area contributed by atoms with Gasteiger partial charge in [-0.3, -0.25) is 9.59 Å². The summed E-state index contributed by atoms with van der Waals surface area (Å²) >= 11 is 6.08. The lowest BCUT2D eigenvalue weighted by atomic mass is 10.0. The minimum Gasteiger partial charge on any atom is -0.267 e. The van der Waals surface area contributed by atoms with Gasteiger partial charge >= 0.3 is 0 Å². The highest BCUT2D eigenvalue weighted by atomic mass is 35.5. The lowest BCUT2D eigenvalue weighted by molar-refractivity contribution is 0.0654. The molecule has 0 aromatic heterocycles. The fraction of sp³-hybridized carbons (Fsp3) is 0. The van der Waals surface area contributed by atoms with Crippen molar-refractivity contribution in [3.63, 3.8) is 0 Å². The number of carbonyl (C=O) groups excluding carboxylic acids is 2. The number of carbonyl (C=O) groups is 2. The Kier molecular flexibility index (Phi) is 1.98. The summed E-state index contributed by atoms with van der Waals surface area (Å²) in [5, 5.41) is 2.45. The molecule has 2 aromatic rings. The quantitative estimate of drug-likeness (QED) is 0.439. The zero-order valence-electron chi connectivity index (χ0n) is 8.61. The normalized spacial score (nSPS) is 14.6. The maximum absolute atomic E-state index is 11.9. The number of nitrogens with two attached hydrogens (primary N) is 1. The molecule has 0 aliphatic carbocycles. The maximum Gasteiger partial charge on any atom is 0.276 e. The van der Waals surface area contributed by atoms with Crippen LogP contribution in [-0.2, 0) is 0 Å². The van der Waals surface area contributed by atoms with Gasteiger partial charge in [-0.1, -0.05) is 35.9 Å². The van der Waals surface area contributed by atoms with Gasteiger partial charge in [0.05, 0.1) is 11.1 Å². The van der Waals surface area contributed by atoms with Gasteiger partial charge < -0.3 is 0 Å². The monoisotopic (exact) mass is 246 g/mol. The molecule has 1 heterocycles. The molecule has 1 aliphatic rings. The van der Waals surface area contributed by atoms with Crippen molar-refractivity contribution in [1.29, 1.82) is 0 Å². The van der Waals surface area contributed by atoms with Gasteiger partial charge in [0.1, 0.15) is 0 Å². The molecular formula is C12H7ClN2O2. The highest BCUT2D eigenvalue weighted by molar-refractivity contribution is 6.38. The Bertz CT molecular complexity index is 682. The number of imide groups is 1. The summed E-state index contributed by atoms with van der Waals surface area (Å²) in [5.74, 6) is 4.40. The van der Waals surface area contributed by atoms with Crippen molar-refractivity contribution >= 4 is 34.2 Å². The largest absolute Gasteiger partial charge is 0.276 e. The molecular weight excluding hydrogens is 240 g/mol. The standard InChI is InChI=1S/C12H7ClN2O2/c13-9-5-8-10(12(17)15(14)11(8)16)7-4-2-1-3-6(7)9/h1-5H,14H2. The van der Waals surface area contributed by atoms with E-state index in [4.69, 9.17) is 17.4 Å². The number of halogens is 1. The Labute approximate surface area is 102 Å². The van der Waals surface area contributed by atoms with Crippen LogP contribution in [0.4, 0.5) is 0 Å².